The topological polar surface area (TPSA) is 22.1 Å². The summed E-state index contributed by atoms with van der Waals surface area (Å²) in [5, 5.41) is 0.709. The molecule has 17 heavy (non-hydrogen) atoms. The molecule has 0 spiro atoms. The van der Waals surface area contributed by atoms with Gasteiger partial charge in [-0.2, -0.15) is 0 Å². The molecule has 0 aliphatic heterocycles. The summed E-state index contributed by atoms with van der Waals surface area (Å²) in [6, 6.07) is 10.3. The van der Waals surface area contributed by atoms with Crippen molar-refractivity contribution in [1.29, 1.82) is 0 Å². The van der Waals surface area contributed by atoms with Crippen molar-refractivity contribution in [2.45, 2.75) is 11.9 Å². The molecule has 88 valence electrons. The normalized spacial score (nSPS) is 10.2. The van der Waals surface area contributed by atoms with E-state index in [1.807, 2.05) is 12.1 Å². The summed E-state index contributed by atoms with van der Waals surface area (Å²) >= 11 is 3.31. The molecule has 4 heteroatoms. The van der Waals surface area contributed by atoms with E-state index in [-0.39, 0.29) is 12.4 Å². The third-order valence-corrected chi connectivity index (χ3v) is 2.86. The maximum Gasteiger partial charge on any atom is 0.138 e. The van der Waals surface area contributed by atoms with Gasteiger partial charge in [0, 0.05) is 10.9 Å². The van der Waals surface area contributed by atoms with Crippen molar-refractivity contribution in [3.63, 3.8) is 0 Å². The summed E-state index contributed by atoms with van der Waals surface area (Å²) in [4.78, 5) is 4.17. The molecule has 0 unspecified atom stereocenters. The molecule has 1 aromatic carbocycles. The molecule has 0 bridgehead atoms. The van der Waals surface area contributed by atoms with Gasteiger partial charge in [-0.3, -0.25) is 4.98 Å². The van der Waals surface area contributed by atoms with Gasteiger partial charge in [-0.05, 0) is 18.2 Å². The van der Waals surface area contributed by atoms with Gasteiger partial charge >= 0.3 is 0 Å². The first kappa shape index (κ1) is 12.0. The zero-order valence-corrected chi connectivity index (χ0v) is 10.7. The van der Waals surface area contributed by atoms with Crippen LogP contribution in [-0.4, -0.2) is 4.98 Å². The van der Waals surface area contributed by atoms with E-state index in [9.17, 15) is 4.39 Å². The van der Waals surface area contributed by atoms with Gasteiger partial charge in [0.25, 0.3) is 0 Å². The molecule has 2 rings (SSSR count). The molecule has 0 atom stereocenters. The monoisotopic (exact) mass is 295 g/mol. The predicted molar refractivity (Wildman–Crippen MR) is 67.6 cm³/mol. The molecule has 1 heterocycles. The highest BCUT2D eigenvalue weighted by Crippen LogP contribution is 2.14. The van der Waals surface area contributed by atoms with Crippen LogP contribution in [0.15, 0.2) is 42.6 Å². The SMILES string of the molecule is Fc1ccccc1COc1ccc(CBr)nc1. The van der Waals surface area contributed by atoms with Gasteiger partial charge in [-0.25, -0.2) is 4.39 Å². The van der Waals surface area contributed by atoms with Gasteiger partial charge in [0.1, 0.15) is 18.2 Å². The molecular formula is C13H11BrFNO. The molecule has 0 amide bonds. The Morgan fingerprint density at radius 2 is 2.00 bits per heavy atom. The Morgan fingerprint density at radius 1 is 1.18 bits per heavy atom. The quantitative estimate of drug-likeness (QED) is 0.803. The molecule has 0 saturated carbocycles. The molecule has 2 aromatic rings. The van der Waals surface area contributed by atoms with Crippen molar-refractivity contribution < 1.29 is 9.13 Å². The van der Waals surface area contributed by atoms with Gasteiger partial charge in [0.05, 0.1) is 11.9 Å². The Hall–Kier alpha value is -1.42. The molecule has 0 N–H and O–H groups in total. The highest BCUT2D eigenvalue weighted by Gasteiger charge is 2.02. The molecule has 0 saturated heterocycles. The number of hydrogen-bond donors (Lipinski definition) is 0. The van der Waals surface area contributed by atoms with E-state index in [0.29, 0.717) is 16.6 Å². The Bertz CT molecular complexity index is 487. The molecule has 2 nitrogen and oxygen atoms in total. The second-order valence-electron chi connectivity index (χ2n) is 3.50. The fourth-order valence-electron chi connectivity index (χ4n) is 1.35. The maximum atomic E-state index is 13.3. The first-order valence-electron chi connectivity index (χ1n) is 5.16. The number of pyridine rings is 1. The number of nitrogens with zero attached hydrogens (tertiary/aromatic N) is 1. The number of ether oxygens (including phenoxy) is 1. The Kier molecular flexibility index (Phi) is 4.09. The maximum absolute atomic E-state index is 13.3. The first-order valence-corrected chi connectivity index (χ1v) is 6.29. The van der Waals surface area contributed by atoms with Crippen LogP contribution in [0.2, 0.25) is 0 Å². The van der Waals surface area contributed by atoms with Crippen molar-refractivity contribution >= 4 is 15.9 Å². The van der Waals surface area contributed by atoms with Gasteiger partial charge < -0.3 is 4.74 Å². The molecule has 0 radical (unpaired) electrons. The van der Waals surface area contributed by atoms with Gasteiger partial charge in [0.15, 0.2) is 0 Å². The summed E-state index contributed by atoms with van der Waals surface area (Å²) in [5.74, 6) is 0.385. The highest BCUT2D eigenvalue weighted by molar-refractivity contribution is 9.08. The van der Waals surface area contributed by atoms with Gasteiger partial charge in [-0.15, -0.1) is 0 Å². The summed E-state index contributed by atoms with van der Waals surface area (Å²) in [7, 11) is 0. The van der Waals surface area contributed by atoms with Crippen molar-refractivity contribution in [2.75, 3.05) is 0 Å². The van der Waals surface area contributed by atoms with Crippen molar-refractivity contribution in [3.05, 3.63) is 59.7 Å². The van der Waals surface area contributed by atoms with E-state index in [1.54, 1.807) is 24.4 Å². The lowest BCUT2D eigenvalue weighted by Crippen LogP contribution is -1.98. The number of rotatable bonds is 4. The highest BCUT2D eigenvalue weighted by atomic mass is 79.9. The molecule has 0 aliphatic carbocycles. The van der Waals surface area contributed by atoms with Crippen molar-refractivity contribution in [2.24, 2.45) is 0 Å². The third kappa shape index (κ3) is 3.27. The van der Waals surface area contributed by atoms with Gasteiger partial charge in [-0.1, -0.05) is 34.1 Å². The standard InChI is InChI=1S/C13H11BrFNO/c14-7-11-5-6-12(8-16-11)17-9-10-3-1-2-4-13(10)15/h1-6,8H,7,9H2. The minimum atomic E-state index is -0.252. The fourth-order valence-corrected chi connectivity index (χ4v) is 1.68. The summed E-state index contributed by atoms with van der Waals surface area (Å²) in [6.07, 6.45) is 1.64. The molecule has 1 aromatic heterocycles. The van der Waals surface area contributed by atoms with E-state index < -0.39 is 0 Å². The van der Waals surface area contributed by atoms with E-state index >= 15 is 0 Å². The summed E-state index contributed by atoms with van der Waals surface area (Å²) in [6.45, 7) is 0.210. The number of benzene rings is 1. The van der Waals surface area contributed by atoms with Crippen LogP contribution in [0.25, 0.3) is 0 Å². The average Bonchev–Trinajstić information content (AvgIpc) is 2.38. The fraction of sp³-hybridized carbons (Fsp3) is 0.154. The first-order chi connectivity index (χ1) is 8.29. The lowest BCUT2D eigenvalue weighted by atomic mass is 10.2. The molecule has 0 fully saturated rings. The van der Waals surface area contributed by atoms with Crippen LogP contribution in [0.1, 0.15) is 11.3 Å². The lowest BCUT2D eigenvalue weighted by Gasteiger charge is -2.06. The smallest absolute Gasteiger partial charge is 0.138 e. The second-order valence-corrected chi connectivity index (χ2v) is 4.06. The van der Waals surface area contributed by atoms with Crippen LogP contribution in [0.3, 0.4) is 0 Å². The van der Waals surface area contributed by atoms with Crippen molar-refractivity contribution in [1.82, 2.24) is 4.98 Å². The Labute approximate surface area is 108 Å². The van der Waals surface area contributed by atoms with Crippen LogP contribution in [0.5, 0.6) is 5.75 Å². The lowest BCUT2D eigenvalue weighted by molar-refractivity contribution is 0.298. The minimum absolute atomic E-state index is 0.210. The van der Waals surface area contributed by atoms with Crippen molar-refractivity contribution in [3.8, 4) is 5.75 Å². The van der Waals surface area contributed by atoms with Crippen LogP contribution < -0.4 is 4.74 Å². The summed E-state index contributed by atoms with van der Waals surface area (Å²) in [5.41, 5.74) is 1.47. The largest absolute Gasteiger partial charge is 0.487 e. The third-order valence-electron chi connectivity index (χ3n) is 2.29. The zero-order valence-electron chi connectivity index (χ0n) is 9.07. The van der Waals surface area contributed by atoms with Crippen LogP contribution in [0, 0.1) is 5.82 Å². The van der Waals surface area contributed by atoms with E-state index in [0.717, 1.165) is 5.69 Å². The molecule has 0 aliphatic rings. The van der Waals surface area contributed by atoms with Crippen LogP contribution in [0.4, 0.5) is 4.39 Å². The average molecular weight is 296 g/mol. The van der Waals surface area contributed by atoms with E-state index in [2.05, 4.69) is 20.9 Å². The number of hydrogen-bond acceptors (Lipinski definition) is 2. The molecular weight excluding hydrogens is 285 g/mol. The Balaban J connectivity index is 2.00. The van der Waals surface area contributed by atoms with E-state index in [1.165, 1.54) is 6.07 Å². The van der Waals surface area contributed by atoms with E-state index in [4.69, 9.17) is 4.74 Å². The minimum Gasteiger partial charge on any atom is -0.487 e. The second kappa shape index (κ2) is 5.77. The summed E-state index contributed by atoms with van der Waals surface area (Å²) < 4.78 is 18.8. The number of aromatic nitrogens is 1. The number of alkyl halides is 1. The Morgan fingerprint density at radius 3 is 2.65 bits per heavy atom. The van der Waals surface area contributed by atoms with Crippen LogP contribution >= 0.6 is 15.9 Å². The predicted octanol–water partition coefficient (Wildman–Crippen LogP) is 3.69. The van der Waals surface area contributed by atoms with Crippen LogP contribution in [-0.2, 0) is 11.9 Å². The number of halogens is 2. The van der Waals surface area contributed by atoms with Gasteiger partial charge in [0.2, 0.25) is 0 Å². The zero-order chi connectivity index (χ0) is 12.1.